The molecular weight excluding hydrogens is 753 g/mol. The van der Waals surface area contributed by atoms with Gasteiger partial charge in [0.15, 0.2) is 21.4 Å². The molecule has 0 aliphatic carbocycles. The van der Waals surface area contributed by atoms with Gasteiger partial charge in [0.25, 0.3) is 0 Å². The predicted molar refractivity (Wildman–Crippen MR) is 211 cm³/mol. The summed E-state index contributed by atoms with van der Waals surface area (Å²) in [6.07, 6.45) is 2.21. The molecule has 4 rings (SSSR count). The molecule has 3 aromatic rings. The van der Waals surface area contributed by atoms with Crippen molar-refractivity contribution in [1.82, 2.24) is 4.90 Å². The Bertz CT molecular complexity index is 1750. The third kappa shape index (κ3) is 14.4. The predicted octanol–water partition coefficient (Wildman–Crippen LogP) is 7.46. The van der Waals surface area contributed by atoms with Gasteiger partial charge in [0.2, 0.25) is 0 Å². The minimum absolute atomic E-state index is 0.00891. The summed E-state index contributed by atoms with van der Waals surface area (Å²) in [7, 11) is -1.49. The number of halogens is 2. The number of sulfone groups is 1. The highest BCUT2D eigenvalue weighted by atomic mass is 35.5. The number of carbonyl (C=O) groups is 2. The molecule has 0 N–H and O–H groups in total. The van der Waals surface area contributed by atoms with Crippen LogP contribution in [-0.2, 0) is 40.1 Å². The summed E-state index contributed by atoms with van der Waals surface area (Å²) in [5.74, 6) is -0.112. The average Bonchev–Trinajstić information content (AvgIpc) is 3.16. The lowest BCUT2D eigenvalue weighted by atomic mass is 9.85. The Morgan fingerprint density at radius 2 is 1.28 bits per heavy atom. The zero-order valence-electron chi connectivity index (χ0n) is 31.4. The van der Waals surface area contributed by atoms with Gasteiger partial charge in [-0.2, -0.15) is 0 Å². The van der Waals surface area contributed by atoms with Crippen molar-refractivity contribution in [3.8, 4) is 0 Å². The Morgan fingerprint density at radius 1 is 0.722 bits per heavy atom. The van der Waals surface area contributed by atoms with E-state index < -0.39 is 9.84 Å². The smallest absolute Gasteiger partial charge is 0.178 e. The van der Waals surface area contributed by atoms with Gasteiger partial charge in [-0.05, 0) is 80.3 Å². The van der Waals surface area contributed by atoms with Crippen molar-refractivity contribution in [2.45, 2.75) is 56.4 Å². The number of hydrogen-bond acceptors (Lipinski definition) is 10. The molecule has 0 saturated heterocycles. The highest BCUT2D eigenvalue weighted by Crippen LogP contribution is 2.39. The van der Waals surface area contributed by atoms with Crippen LogP contribution in [0.15, 0.2) is 65.6 Å². The second-order valence-corrected chi connectivity index (χ2v) is 16.2. The molecule has 0 spiro atoms. The van der Waals surface area contributed by atoms with E-state index in [0.29, 0.717) is 131 Å². The third-order valence-electron chi connectivity index (χ3n) is 9.03. The largest absolute Gasteiger partial charge is 0.379 e. The van der Waals surface area contributed by atoms with Crippen LogP contribution < -0.4 is 0 Å². The molecular formula is C41H53Cl2NO9S. The van der Waals surface area contributed by atoms with Crippen LogP contribution in [0.5, 0.6) is 0 Å². The van der Waals surface area contributed by atoms with E-state index in [4.69, 9.17) is 46.9 Å². The fourth-order valence-electron chi connectivity index (χ4n) is 6.25. The number of likely N-dealkylation sites (N-methyl/N-ethyl adjacent to an activating group) is 1. The number of Topliss-reactive ketones (excluding diaryl/α,β-unsaturated/α-hetero) is 2. The van der Waals surface area contributed by atoms with Crippen molar-refractivity contribution in [3.05, 3.63) is 98.5 Å². The quantitative estimate of drug-likeness (QED) is 0.0598. The molecule has 1 aliphatic rings. The lowest BCUT2D eigenvalue weighted by molar-refractivity contribution is 0.0142. The average molecular weight is 807 g/mol. The van der Waals surface area contributed by atoms with E-state index in [1.165, 1.54) is 0 Å². The fraction of sp³-hybridized carbons (Fsp3) is 0.512. The standard InChI is InChI=1S/C41H53Cl2NO9S/c1-3-49-18-19-50-15-6-13-40(45)32-10-4-11-33(25-32)41(46)14-7-16-51-20-22-53-23-21-52-17-8-24-54(47,48)35-12-5-9-31(26-35)37-29-44(2)30-38-36(37)27-34(42)28-39(38)43/h4-5,9-12,25-28,37H,3,6-8,13-24,29-30H2,1-2H3. The molecule has 1 heterocycles. The van der Waals surface area contributed by atoms with Crippen LogP contribution in [-0.4, -0.2) is 110 Å². The Hall–Kier alpha value is -2.71. The SMILES string of the molecule is CCOCCOCCCC(=O)c1cccc(C(=O)CCCOCCOCCOCCCS(=O)(=O)c2cccc(C3CN(C)Cc4c(Cl)cc(Cl)cc43)c2)c1. The number of ketones is 2. The van der Waals surface area contributed by atoms with Gasteiger partial charge in [-0.1, -0.05) is 53.5 Å². The van der Waals surface area contributed by atoms with Crippen LogP contribution in [0.25, 0.3) is 0 Å². The minimum atomic E-state index is -3.51. The van der Waals surface area contributed by atoms with E-state index in [0.717, 1.165) is 23.2 Å². The van der Waals surface area contributed by atoms with E-state index in [-0.39, 0.29) is 23.2 Å². The first-order valence-electron chi connectivity index (χ1n) is 18.6. The van der Waals surface area contributed by atoms with Crippen LogP contribution in [0, 0.1) is 0 Å². The summed E-state index contributed by atoms with van der Waals surface area (Å²) in [4.78, 5) is 27.7. The second kappa shape index (κ2) is 23.4. The molecule has 296 valence electrons. The summed E-state index contributed by atoms with van der Waals surface area (Å²) < 4.78 is 53.8. The van der Waals surface area contributed by atoms with Crippen LogP contribution in [0.2, 0.25) is 10.0 Å². The maximum atomic E-state index is 13.2. The number of benzene rings is 3. The molecule has 54 heavy (non-hydrogen) atoms. The number of ether oxygens (including phenoxy) is 5. The van der Waals surface area contributed by atoms with Gasteiger partial charge in [-0.15, -0.1) is 0 Å². The van der Waals surface area contributed by atoms with Gasteiger partial charge >= 0.3 is 0 Å². The van der Waals surface area contributed by atoms with Crippen LogP contribution in [0.3, 0.4) is 0 Å². The first kappa shape index (κ1) is 44.0. The van der Waals surface area contributed by atoms with E-state index in [2.05, 4.69) is 4.90 Å². The highest BCUT2D eigenvalue weighted by molar-refractivity contribution is 7.91. The van der Waals surface area contributed by atoms with Gasteiger partial charge in [0.1, 0.15) is 0 Å². The summed E-state index contributed by atoms with van der Waals surface area (Å²) in [6, 6.07) is 17.7. The fourth-order valence-corrected chi connectivity index (χ4v) is 8.16. The minimum Gasteiger partial charge on any atom is -0.379 e. The van der Waals surface area contributed by atoms with Crippen molar-refractivity contribution in [2.75, 3.05) is 85.4 Å². The zero-order chi connectivity index (χ0) is 38.8. The number of nitrogens with zero attached hydrogens (tertiary/aromatic N) is 1. The van der Waals surface area contributed by atoms with Gasteiger partial charge in [-0.25, -0.2) is 8.42 Å². The highest BCUT2D eigenvalue weighted by Gasteiger charge is 2.28. The van der Waals surface area contributed by atoms with Gasteiger partial charge in [0.05, 0.1) is 50.3 Å². The van der Waals surface area contributed by atoms with E-state index in [1.54, 1.807) is 48.5 Å². The monoisotopic (exact) mass is 805 g/mol. The molecule has 0 aromatic heterocycles. The lowest BCUT2D eigenvalue weighted by Crippen LogP contribution is -2.31. The number of rotatable bonds is 26. The van der Waals surface area contributed by atoms with Crippen LogP contribution in [0.1, 0.15) is 82.4 Å². The molecule has 0 fully saturated rings. The molecule has 3 aromatic carbocycles. The third-order valence-corrected chi connectivity index (χ3v) is 11.4. The maximum Gasteiger partial charge on any atom is 0.178 e. The zero-order valence-corrected chi connectivity index (χ0v) is 33.7. The Labute approximate surface area is 330 Å². The lowest BCUT2D eigenvalue weighted by Gasteiger charge is -2.33. The molecule has 0 amide bonds. The molecule has 13 heteroatoms. The van der Waals surface area contributed by atoms with E-state index in [9.17, 15) is 18.0 Å². The number of fused-ring (bicyclic) bond motifs is 1. The van der Waals surface area contributed by atoms with E-state index in [1.807, 2.05) is 26.1 Å². The normalized spacial score (nSPS) is 14.6. The number of carbonyl (C=O) groups excluding carboxylic acids is 2. The van der Waals surface area contributed by atoms with Crippen molar-refractivity contribution in [2.24, 2.45) is 0 Å². The summed E-state index contributed by atoms with van der Waals surface area (Å²) in [5.41, 5.74) is 4.02. The first-order chi connectivity index (χ1) is 26.1. The molecule has 0 radical (unpaired) electrons. The Kier molecular flexibility index (Phi) is 19.1. The van der Waals surface area contributed by atoms with Gasteiger partial charge < -0.3 is 28.6 Å². The second-order valence-electron chi connectivity index (χ2n) is 13.2. The van der Waals surface area contributed by atoms with Gasteiger partial charge in [0, 0.05) is 79.4 Å². The van der Waals surface area contributed by atoms with Crippen molar-refractivity contribution in [1.29, 1.82) is 0 Å². The molecule has 1 atom stereocenters. The maximum absolute atomic E-state index is 13.2. The molecule has 0 saturated carbocycles. The summed E-state index contributed by atoms with van der Waals surface area (Å²) >= 11 is 12.8. The molecule has 1 aliphatic heterocycles. The molecule has 1 unspecified atom stereocenters. The first-order valence-corrected chi connectivity index (χ1v) is 21.0. The van der Waals surface area contributed by atoms with Crippen molar-refractivity contribution >= 4 is 44.6 Å². The number of hydrogen-bond donors (Lipinski definition) is 0. The summed E-state index contributed by atoms with van der Waals surface area (Å²) in [5, 5.41) is 1.18. The van der Waals surface area contributed by atoms with Crippen molar-refractivity contribution in [3.63, 3.8) is 0 Å². The molecule has 0 bridgehead atoms. The Balaban J connectivity index is 1.04. The Morgan fingerprint density at radius 3 is 1.89 bits per heavy atom. The van der Waals surface area contributed by atoms with Crippen LogP contribution in [0.4, 0.5) is 0 Å². The van der Waals surface area contributed by atoms with Gasteiger partial charge in [-0.3, -0.25) is 9.59 Å². The molecule has 10 nitrogen and oxygen atoms in total. The van der Waals surface area contributed by atoms with E-state index >= 15 is 0 Å². The summed E-state index contributed by atoms with van der Waals surface area (Å²) in [6.45, 7) is 7.74. The topological polar surface area (TPSA) is 118 Å². The van der Waals surface area contributed by atoms with Crippen molar-refractivity contribution < 1.29 is 41.7 Å². The van der Waals surface area contributed by atoms with Crippen LogP contribution >= 0.6 is 23.2 Å².